The lowest BCUT2D eigenvalue weighted by Gasteiger charge is -2.34. The number of aliphatic hydroxyl groups is 1. The summed E-state index contributed by atoms with van der Waals surface area (Å²) in [5.74, 6) is 0.0237. The molecule has 1 aromatic carbocycles. The van der Waals surface area contributed by atoms with Crippen molar-refractivity contribution in [3.05, 3.63) is 30.3 Å². The number of carbonyl (C=O) groups excluding carboxylic acids is 1. The molecule has 0 unspecified atom stereocenters. The molecular formula is C14H20N2O4S. The Balaban J connectivity index is 1.83. The summed E-state index contributed by atoms with van der Waals surface area (Å²) in [5, 5.41) is 9.21. The molecule has 2 N–H and O–H groups in total. The lowest BCUT2D eigenvalue weighted by molar-refractivity contribution is -0.130. The highest BCUT2D eigenvalue weighted by atomic mass is 32.2. The zero-order valence-electron chi connectivity index (χ0n) is 11.9. The number of nitrogens with zero attached hydrogens (tertiary/aromatic N) is 1. The Hall–Kier alpha value is -1.44. The molecule has 2 rings (SSSR count). The standard InChI is InChI=1S/C14H20N2O4S/c1-16(10-11-7-12(17)8-11)14(18)9-15-21(19,20)13-5-3-2-4-6-13/h2-6,11-12,15,17H,7-10H2,1H3. The molecule has 1 aliphatic carbocycles. The van der Waals surface area contributed by atoms with Crippen LogP contribution in [0.3, 0.4) is 0 Å². The molecule has 21 heavy (non-hydrogen) atoms. The summed E-state index contributed by atoms with van der Waals surface area (Å²) in [5.41, 5.74) is 0. The highest BCUT2D eigenvalue weighted by Crippen LogP contribution is 2.27. The molecule has 0 spiro atoms. The lowest BCUT2D eigenvalue weighted by Crippen LogP contribution is -2.43. The molecule has 0 saturated heterocycles. The van der Waals surface area contributed by atoms with E-state index >= 15 is 0 Å². The first-order chi connectivity index (χ1) is 9.88. The van der Waals surface area contributed by atoms with Gasteiger partial charge in [0.15, 0.2) is 0 Å². The summed E-state index contributed by atoms with van der Waals surface area (Å²) in [6.45, 7) is 0.284. The van der Waals surface area contributed by atoms with Gasteiger partial charge in [-0.15, -0.1) is 0 Å². The van der Waals surface area contributed by atoms with Crippen LogP contribution in [0.25, 0.3) is 0 Å². The van der Waals surface area contributed by atoms with E-state index < -0.39 is 10.0 Å². The minimum atomic E-state index is -3.66. The first kappa shape index (κ1) is 15.9. The molecule has 0 radical (unpaired) electrons. The molecule has 0 aliphatic heterocycles. The fourth-order valence-electron chi connectivity index (χ4n) is 2.31. The topological polar surface area (TPSA) is 86.7 Å². The van der Waals surface area contributed by atoms with Crippen molar-refractivity contribution in [1.29, 1.82) is 0 Å². The number of nitrogens with one attached hydrogen (secondary N) is 1. The van der Waals surface area contributed by atoms with Crippen molar-refractivity contribution in [1.82, 2.24) is 9.62 Å². The van der Waals surface area contributed by atoms with Gasteiger partial charge < -0.3 is 10.0 Å². The van der Waals surface area contributed by atoms with Gasteiger partial charge in [0.2, 0.25) is 15.9 Å². The summed E-state index contributed by atoms with van der Waals surface area (Å²) >= 11 is 0. The van der Waals surface area contributed by atoms with Gasteiger partial charge in [-0.2, -0.15) is 0 Å². The van der Waals surface area contributed by atoms with Gasteiger partial charge in [-0.25, -0.2) is 13.1 Å². The summed E-state index contributed by atoms with van der Waals surface area (Å²) < 4.78 is 26.3. The minimum Gasteiger partial charge on any atom is -0.393 e. The van der Waals surface area contributed by atoms with Gasteiger partial charge in [-0.05, 0) is 30.9 Å². The van der Waals surface area contributed by atoms with Crippen LogP contribution in [0.1, 0.15) is 12.8 Å². The van der Waals surface area contributed by atoms with Crippen LogP contribution in [0.5, 0.6) is 0 Å². The number of likely N-dealkylation sites (N-methyl/N-ethyl adjacent to an activating group) is 1. The Bertz CT molecular complexity index is 582. The Morgan fingerprint density at radius 1 is 1.33 bits per heavy atom. The Labute approximate surface area is 124 Å². The monoisotopic (exact) mass is 312 g/mol. The fourth-order valence-corrected chi connectivity index (χ4v) is 3.31. The van der Waals surface area contributed by atoms with Gasteiger partial charge in [0.1, 0.15) is 0 Å². The third-order valence-electron chi connectivity index (χ3n) is 3.64. The van der Waals surface area contributed by atoms with E-state index in [0.29, 0.717) is 25.3 Å². The number of hydrogen-bond donors (Lipinski definition) is 2. The summed E-state index contributed by atoms with van der Waals surface area (Å²) in [7, 11) is -2.01. The summed E-state index contributed by atoms with van der Waals surface area (Å²) in [6, 6.07) is 7.94. The van der Waals surface area contributed by atoms with E-state index in [1.165, 1.54) is 17.0 Å². The number of hydrogen-bond acceptors (Lipinski definition) is 4. The molecule has 1 saturated carbocycles. The van der Waals surface area contributed by atoms with Crippen molar-refractivity contribution in [2.45, 2.75) is 23.8 Å². The molecule has 1 amide bonds. The van der Waals surface area contributed by atoms with Gasteiger partial charge in [0, 0.05) is 13.6 Å². The Kier molecular flexibility index (Phi) is 4.97. The van der Waals surface area contributed by atoms with Crippen LogP contribution in [-0.4, -0.2) is 50.6 Å². The molecule has 0 bridgehead atoms. The maximum atomic E-state index is 12.0. The maximum absolute atomic E-state index is 12.0. The summed E-state index contributed by atoms with van der Waals surface area (Å²) in [6.07, 6.45) is 1.15. The number of rotatable bonds is 6. The van der Waals surface area contributed by atoms with Crippen LogP contribution in [0.15, 0.2) is 35.2 Å². The lowest BCUT2D eigenvalue weighted by atomic mass is 9.82. The van der Waals surface area contributed by atoms with Crippen LogP contribution in [0.4, 0.5) is 0 Å². The van der Waals surface area contributed by atoms with E-state index in [2.05, 4.69) is 4.72 Å². The first-order valence-electron chi connectivity index (χ1n) is 6.85. The third kappa shape index (κ3) is 4.26. The number of amides is 1. The smallest absolute Gasteiger partial charge is 0.241 e. The van der Waals surface area contributed by atoms with Gasteiger partial charge in [0.25, 0.3) is 0 Å². The average Bonchev–Trinajstić information content (AvgIpc) is 2.44. The van der Waals surface area contributed by atoms with Crippen LogP contribution in [0, 0.1) is 5.92 Å². The van der Waals surface area contributed by atoms with Crippen molar-refractivity contribution in [3.8, 4) is 0 Å². The van der Waals surface area contributed by atoms with Crippen molar-refractivity contribution in [3.63, 3.8) is 0 Å². The molecule has 116 valence electrons. The SMILES string of the molecule is CN(CC1CC(O)C1)C(=O)CNS(=O)(=O)c1ccccc1. The van der Waals surface area contributed by atoms with E-state index in [1.54, 1.807) is 25.2 Å². The van der Waals surface area contributed by atoms with Crippen LogP contribution >= 0.6 is 0 Å². The largest absolute Gasteiger partial charge is 0.393 e. The molecular weight excluding hydrogens is 292 g/mol. The van der Waals surface area contributed by atoms with E-state index in [-0.39, 0.29) is 23.5 Å². The number of carbonyl (C=O) groups is 1. The van der Waals surface area contributed by atoms with Gasteiger partial charge in [-0.3, -0.25) is 4.79 Å². The maximum Gasteiger partial charge on any atom is 0.241 e. The van der Waals surface area contributed by atoms with E-state index in [9.17, 15) is 18.3 Å². The molecule has 7 heteroatoms. The van der Waals surface area contributed by atoms with Gasteiger partial charge >= 0.3 is 0 Å². The minimum absolute atomic E-state index is 0.141. The van der Waals surface area contributed by atoms with E-state index in [4.69, 9.17) is 0 Å². The van der Waals surface area contributed by atoms with Crippen molar-refractivity contribution >= 4 is 15.9 Å². The second-order valence-electron chi connectivity index (χ2n) is 5.40. The molecule has 1 aliphatic rings. The van der Waals surface area contributed by atoms with Crippen molar-refractivity contribution in [2.24, 2.45) is 5.92 Å². The van der Waals surface area contributed by atoms with E-state index in [1.807, 2.05) is 0 Å². The van der Waals surface area contributed by atoms with Crippen LogP contribution in [-0.2, 0) is 14.8 Å². The quantitative estimate of drug-likeness (QED) is 0.785. The third-order valence-corrected chi connectivity index (χ3v) is 5.05. The average molecular weight is 312 g/mol. The first-order valence-corrected chi connectivity index (χ1v) is 8.33. The van der Waals surface area contributed by atoms with Crippen molar-refractivity contribution < 1.29 is 18.3 Å². The Morgan fingerprint density at radius 2 is 1.95 bits per heavy atom. The predicted molar refractivity (Wildman–Crippen MR) is 78.0 cm³/mol. The number of benzene rings is 1. The summed E-state index contributed by atoms with van der Waals surface area (Å²) in [4.78, 5) is 13.6. The molecule has 0 atom stereocenters. The molecule has 6 nitrogen and oxygen atoms in total. The highest BCUT2D eigenvalue weighted by Gasteiger charge is 2.29. The molecule has 1 aromatic rings. The molecule has 0 heterocycles. The normalized spacial score (nSPS) is 21.6. The Morgan fingerprint density at radius 3 is 2.52 bits per heavy atom. The second-order valence-corrected chi connectivity index (χ2v) is 7.17. The van der Waals surface area contributed by atoms with Crippen LogP contribution < -0.4 is 4.72 Å². The molecule has 1 fully saturated rings. The van der Waals surface area contributed by atoms with Gasteiger partial charge in [-0.1, -0.05) is 18.2 Å². The zero-order chi connectivity index (χ0) is 15.5. The predicted octanol–water partition coefficient (Wildman–Crippen LogP) is 0.194. The fraction of sp³-hybridized carbons (Fsp3) is 0.500. The second kappa shape index (κ2) is 6.55. The molecule has 0 aromatic heterocycles. The van der Waals surface area contributed by atoms with Crippen molar-refractivity contribution in [2.75, 3.05) is 20.1 Å². The highest BCUT2D eigenvalue weighted by molar-refractivity contribution is 7.89. The van der Waals surface area contributed by atoms with E-state index in [0.717, 1.165) is 0 Å². The van der Waals surface area contributed by atoms with Crippen LogP contribution in [0.2, 0.25) is 0 Å². The van der Waals surface area contributed by atoms with Gasteiger partial charge in [0.05, 0.1) is 17.5 Å². The number of aliphatic hydroxyl groups excluding tert-OH is 1. The zero-order valence-corrected chi connectivity index (χ0v) is 12.7. The number of sulfonamides is 1.